The van der Waals surface area contributed by atoms with Crippen LogP contribution < -0.4 is 10.1 Å². The number of hydrogen-bond acceptors (Lipinski definition) is 4. The predicted molar refractivity (Wildman–Crippen MR) is 97.1 cm³/mol. The first-order chi connectivity index (χ1) is 13.5. The summed E-state index contributed by atoms with van der Waals surface area (Å²) in [6.45, 7) is 1.82. The third-order valence-electron chi connectivity index (χ3n) is 5.33. The summed E-state index contributed by atoms with van der Waals surface area (Å²) in [5, 5.41) is 11.2. The molecule has 2 aromatic heterocycles. The van der Waals surface area contributed by atoms with Gasteiger partial charge in [-0.2, -0.15) is 13.2 Å². The molecule has 28 heavy (non-hydrogen) atoms. The summed E-state index contributed by atoms with van der Waals surface area (Å²) in [6.07, 6.45) is -0.0354. The summed E-state index contributed by atoms with van der Waals surface area (Å²) in [5.41, 5.74) is 0.593. The molecule has 3 heterocycles. The molecule has 146 valence electrons. The van der Waals surface area contributed by atoms with Gasteiger partial charge in [0.2, 0.25) is 0 Å². The number of halogens is 3. The van der Waals surface area contributed by atoms with E-state index in [4.69, 9.17) is 4.74 Å². The lowest BCUT2D eigenvalue weighted by Crippen LogP contribution is -2.16. The Bertz CT molecular complexity index is 1040. The van der Waals surface area contributed by atoms with E-state index in [2.05, 4.69) is 15.5 Å². The van der Waals surface area contributed by atoms with Crippen LogP contribution >= 0.6 is 0 Å². The third-order valence-corrected chi connectivity index (χ3v) is 5.33. The van der Waals surface area contributed by atoms with Gasteiger partial charge in [-0.15, -0.1) is 10.2 Å². The van der Waals surface area contributed by atoms with E-state index in [-0.39, 0.29) is 11.2 Å². The predicted octanol–water partition coefficient (Wildman–Crippen LogP) is 3.85. The fourth-order valence-corrected chi connectivity index (χ4v) is 3.70. The summed E-state index contributed by atoms with van der Waals surface area (Å²) in [7, 11) is 0. The van der Waals surface area contributed by atoms with Gasteiger partial charge in [0.05, 0.1) is 0 Å². The van der Waals surface area contributed by atoms with Gasteiger partial charge in [-0.05, 0) is 42.0 Å². The van der Waals surface area contributed by atoms with Crippen LogP contribution in [0.5, 0.6) is 5.75 Å². The Morgan fingerprint density at radius 1 is 1.18 bits per heavy atom. The first kappa shape index (κ1) is 17.5. The Morgan fingerprint density at radius 3 is 2.82 bits per heavy atom. The van der Waals surface area contributed by atoms with Gasteiger partial charge in [0.25, 0.3) is 0 Å². The molecule has 1 N–H and O–H groups in total. The number of ether oxygens (including phenoxy) is 1. The molecule has 1 fully saturated rings. The Morgan fingerprint density at radius 2 is 2.04 bits per heavy atom. The molecule has 8 heteroatoms. The Labute approximate surface area is 159 Å². The van der Waals surface area contributed by atoms with E-state index in [0.29, 0.717) is 49.2 Å². The molecule has 2 aliphatic rings. The fourth-order valence-electron chi connectivity index (χ4n) is 3.70. The van der Waals surface area contributed by atoms with Crippen molar-refractivity contribution >= 4 is 5.65 Å². The molecule has 0 spiro atoms. The zero-order valence-corrected chi connectivity index (χ0v) is 15.1. The number of nitrogens with zero attached hydrogens (tertiary/aromatic N) is 3. The SMILES string of the molecule is FC(F)(F)c1c(-c2ccc3c(c2)OCCNC3)ccn2c(CC3CC3)nnc12. The minimum atomic E-state index is -4.54. The zero-order chi connectivity index (χ0) is 19.3. The van der Waals surface area contributed by atoms with Crippen molar-refractivity contribution in [3.63, 3.8) is 0 Å². The lowest BCUT2D eigenvalue weighted by atomic mass is 9.99. The van der Waals surface area contributed by atoms with Crippen LogP contribution in [0.2, 0.25) is 0 Å². The lowest BCUT2D eigenvalue weighted by Gasteiger charge is -2.16. The minimum Gasteiger partial charge on any atom is -0.492 e. The molecule has 0 radical (unpaired) electrons. The maximum Gasteiger partial charge on any atom is 0.420 e. The number of hydrogen-bond donors (Lipinski definition) is 1. The molecule has 5 nitrogen and oxygen atoms in total. The average molecular weight is 388 g/mol. The highest BCUT2D eigenvalue weighted by Gasteiger charge is 2.38. The molecule has 0 saturated heterocycles. The van der Waals surface area contributed by atoms with Gasteiger partial charge in [-0.3, -0.25) is 4.40 Å². The maximum atomic E-state index is 14.0. The van der Waals surface area contributed by atoms with Crippen LogP contribution in [0.25, 0.3) is 16.8 Å². The Balaban J connectivity index is 1.65. The van der Waals surface area contributed by atoms with Gasteiger partial charge >= 0.3 is 6.18 Å². The molecule has 3 aromatic rings. The summed E-state index contributed by atoms with van der Waals surface area (Å²) in [4.78, 5) is 0. The molecule has 1 aliphatic carbocycles. The molecule has 0 atom stereocenters. The molecule has 0 unspecified atom stereocenters. The van der Waals surface area contributed by atoms with Crippen LogP contribution in [-0.2, 0) is 19.1 Å². The molecule has 5 rings (SSSR count). The highest BCUT2D eigenvalue weighted by molar-refractivity contribution is 5.75. The van der Waals surface area contributed by atoms with Crippen LogP contribution in [0.15, 0.2) is 30.5 Å². The van der Waals surface area contributed by atoms with E-state index >= 15 is 0 Å². The molecule has 0 bridgehead atoms. The molecule has 1 aromatic carbocycles. The normalized spacial score (nSPS) is 17.2. The molecule has 0 amide bonds. The van der Waals surface area contributed by atoms with Crippen molar-refractivity contribution in [1.29, 1.82) is 0 Å². The van der Waals surface area contributed by atoms with Gasteiger partial charge in [0, 0.05) is 31.3 Å². The third kappa shape index (κ3) is 3.11. The Hall–Kier alpha value is -2.61. The largest absolute Gasteiger partial charge is 0.492 e. The summed E-state index contributed by atoms with van der Waals surface area (Å²) >= 11 is 0. The minimum absolute atomic E-state index is 0.0916. The Kier molecular flexibility index (Phi) is 4.04. The molecule has 1 saturated carbocycles. The summed E-state index contributed by atoms with van der Waals surface area (Å²) in [5.74, 6) is 1.72. The maximum absolute atomic E-state index is 14.0. The van der Waals surface area contributed by atoms with Gasteiger partial charge in [0.1, 0.15) is 23.7 Å². The fraction of sp³-hybridized carbons (Fsp3) is 0.400. The standard InChI is InChI=1S/C20H19F3N4O/c21-20(22,23)18-15(13-3-4-14-11-24-6-8-28-16(14)10-13)5-7-27-17(9-12-1-2-12)25-26-19(18)27/h3-5,7,10,12,24H,1-2,6,8-9,11H2. The van der Waals surface area contributed by atoms with Gasteiger partial charge in [0.15, 0.2) is 5.65 Å². The van der Waals surface area contributed by atoms with Crippen molar-refractivity contribution in [2.24, 2.45) is 5.92 Å². The van der Waals surface area contributed by atoms with E-state index in [0.717, 1.165) is 18.4 Å². The first-order valence-electron chi connectivity index (χ1n) is 9.41. The van der Waals surface area contributed by atoms with Gasteiger partial charge in [-0.1, -0.05) is 12.1 Å². The second kappa shape index (κ2) is 6.48. The second-order valence-electron chi connectivity index (χ2n) is 7.41. The average Bonchev–Trinajstić information content (AvgIpc) is 3.43. The number of rotatable bonds is 3. The van der Waals surface area contributed by atoms with E-state index in [1.54, 1.807) is 18.3 Å². The van der Waals surface area contributed by atoms with E-state index in [9.17, 15) is 13.2 Å². The number of fused-ring (bicyclic) bond motifs is 2. The van der Waals surface area contributed by atoms with Crippen molar-refractivity contribution in [2.75, 3.05) is 13.2 Å². The molecular formula is C20H19F3N4O. The van der Waals surface area contributed by atoms with Crippen molar-refractivity contribution in [2.45, 2.75) is 32.0 Å². The van der Waals surface area contributed by atoms with E-state index < -0.39 is 11.7 Å². The summed E-state index contributed by atoms with van der Waals surface area (Å²) in [6, 6.07) is 6.71. The number of alkyl halides is 3. The second-order valence-corrected chi connectivity index (χ2v) is 7.41. The molecule has 1 aliphatic heterocycles. The van der Waals surface area contributed by atoms with Crippen LogP contribution in [0.1, 0.15) is 29.8 Å². The number of pyridine rings is 1. The molecular weight excluding hydrogens is 369 g/mol. The highest BCUT2D eigenvalue weighted by atomic mass is 19.4. The summed E-state index contributed by atoms with van der Waals surface area (Å²) < 4.78 is 49.3. The van der Waals surface area contributed by atoms with Gasteiger partial charge < -0.3 is 10.1 Å². The van der Waals surface area contributed by atoms with E-state index in [1.807, 2.05) is 6.07 Å². The quantitative estimate of drug-likeness (QED) is 0.741. The topological polar surface area (TPSA) is 51.5 Å². The van der Waals surface area contributed by atoms with Crippen molar-refractivity contribution < 1.29 is 17.9 Å². The van der Waals surface area contributed by atoms with Crippen molar-refractivity contribution in [3.05, 3.63) is 47.4 Å². The van der Waals surface area contributed by atoms with Crippen LogP contribution in [-0.4, -0.2) is 27.7 Å². The van der Waals surface area contributed by atoms with Gasteiger partial charge in [-0.25, -0.2) is 0 Å². The lowest BCUT2D eigenvalue weighted by molar-refractivity contribution is -0.136. The smallest absolute Gasteiger partial charge is 0.420 e. The number of benzene rings is 1. The highest BCUT2D eigenvalue weighted by Crippen LogP contribution is 2.41. The van der Waals surface area contributed by atoms with Crippen molar-refractivity contribution in [3.8, 4) is 16.9 Å². The van der Waals surface area contributed by atoms with Crippen molar-refractivity contribution in [1.82, 2.24) is 19.9 Å². The zero-order valence-electron chi connectivity index (χ0n) is 15.1. The van der Waals surface area contributed by atoms with Crippen LogP contribution in [0.4, 0.5) is 13.2 Å². The first-order valence-corrected chi connectivity index (χ1v) is 9.41. The number of nitrogens with one attached hydrogen (secondary N) is 1. The van der Waals surface area contributed by atoms with Crippen LogP contribution in [0, 0.1) is 5.92 Å². The van der Waals surface area contributed by atoms with E-state index in [1.165, 1.54) is 10.5 Å². The monoisotopic (exact) mass is 388 g/mol. The number of aromatic nitrogens is 3. The van der Waals surface area contributed by atoms with Crippen LogP contribution in [0.3, 0.4) is 0 Å².